The van der Waals surface area contributed by atoms with Crippen molar-refractivity contribution in [1.29, 1.82) is 0 Å². The van der Waals surface area contributed by atoms with Crippen LogP contribution in [0.1, 0.15) is 42.5 Å². The van der Waals surface area contributed by atoms with Crippen molar-refractivity contribution in [3.8, 4) is 5.75 Å². The number of rotatable bonds is 14. The molecule has 0 saturated heterocycles. The largest absolute Gasteiger partial charge is 0.497 e. The summed E-state index contributed by atoms with van der Waals surface area (Å²) in [7, 11) is -2.69. The van der Waals surface area contributed by atoms with E-state index in [9.17, 15) is 18.0 Å². The summed E-state index contributed by atoms with van der Waals surface area (Å²) >= 11 is 0. The fourth-order valence-electron chi connectivity index (χ4n) is 5.00. The quantitative estimate of drug-likeness (QED) is 0.181. The summed E-state index contributed by atoms with van der Waals surface area (Å²) in [4.78, 5) is 30.0. The van der Waals surface area contributed by atoms with E-state index in [1.165, 1.54) is 24.1 Å². The molecule has 46 heavy (non-hydrogen) atoms. The lowest BCUT2D eigenvalue weighted by Crippen LogP contribution is -2.54. The molecule has 0 heterocycles. The number of hydrogen-bond donors (Lipinski definition) is 1. The van der Waals surface area contributed by atoms with Gasteiger partial charge in [0.25, 0.3) is 10.0 Å². The number of aryl methyl sites for hydroxylation is 2. The zero-order valence-corrected chi connectivity index (χ0v) is 28.0. The Balaban J connectivity index is 1.80. The first-order valence-corrected chi connectivity index (χ1v) is 16.9. The molecule has 0 unspecified atom stereocenters. The Morgan fingerprint density at radius 2 is 1.39 bits per heavy atom. The maximum absolute atomic E-state index is 14.6. The Morgan fingerprint density at radius 3 is 1.96 bits per heavy atom. The van der Waals surface area contributed by atoms with E-state index in [0.717, 1.165) is 33.0 Å². The summed E-state index contributed by atoms with van der Waals surface area (Å²) in [5, 5.41) is 3.06. The van der Waals surface area contributed by atoms with Gasteiger partial charge in [0.15, 0.2) is 0 Å². The van der Waals surface area contributed by atoms with Crippen LogP contribution in [0.3, 0.4) is 0 Å². The Kier molecular flexibility index (Phi) is 11.6. The van der Waals surface area contributed by atoms with E-state index < -0.39 is 28.5 Å². The highest BCUT2D eigenvalue weighted by Crippen LogP contribution is 2.27. The van der Waals surface area contributed by atoms with Crippen molar-refractivity contribution >= 4 is 27.5 Å². The predicted molar refractivity (Wildman–Crippen MR) is 182 cm³/mol. The number of methoxy groups -OCH3 is 1. The fourth-order valence-corrected chi connectivity index (χ4v) is 6.41. The molecule has 0 aliphatic rings. The smallest absolute Gasteiger partial charge is 0.264 e. The minimum Gasteiger partial charge on any atom is -0.497 e. The highest BCUT2D eigenvalue weighted by Gasteiger charge is 2.35. The number of nitrogens with zero attached hydrogens (tertiary/aromatic N) is 2. The van der Waals surface area contributed by atoms with Gasteiger partial charge in [-0.3, -0.25) is 13.9 Å². The number of amides is 2. The van der Waals surface area contributed by atoms with Gasteiger partial charge in [0.05, 0.1) is 17.7 Å². The van der Waals surface area contributed by atoms with E-state index in [-0.39, 0.29) is 29.8 Å². The van der Waals surface area contributed by atoms with Gasteiger partial charge >= 0.3 is 0 Å². The lowest BCUT2D eigenvalue weighted by Gasteiger charge is -2.34. The lowest BCUT2D eigenvalue weighted by molar-refractivity contribution is -0.140. The topological polar surface area (TPSA) is 96.0 Å². The van der Waals surface area contributed by atoms with Crippen molar-refractivity contribution < 1.29 is 22.7 Å². The van der Waals surface area contributed by atoms with Crippen LogP contribution in [0.4, 0.5) is 5.69 Å². The SMILES string of the molecule is CC[C@H](C)NC(=O)[C@@H](Cc1ccccc1)N(Cc1ccc(C)cc1)C(=O)CN(c1ccc(C)cc1)S(=O)(=O)c1ccc(OC)cc1. The Morgan fingerprint density at radius 1 is 0.804 bits per heavy atom. The van der Waals surface area contributed by atoms with Crippen LogP contribution >= 0.6 is 0 Å². The van der Waals surface area contributed by atoms with Crippen LogP contribution in [-0.4, -0.2) is 50.9 Å². The average Bonchev–Trinajstić information content (AvgIpc) is 3.06. The zero-order chi connectivity index (χ0) is 33.3. The van der Waals surface area contributed by atoms with Crippen LogP contribution < -0.4 is 14.4 Å². The molecule has 4 aromatic carbocycles. The van der Waals surface area contributed by atoms with Crippen molar-refractivity contribution in [2.45, 2.75) is 64.1 Å². The molecule has 0 radical (unpaired) electrons. The maximum atomic E-state index is 14.6. The molecule has 1 N–H and O–H groups in total. The highest BCUT2D eigenvalue weighted by molar-refractivity contribution is 7.92. The minimum absolute atomic E-state index is 0.0158. The number of ether oxygens (including phenoxy) is 1. The van der Waals surface area contributed by atoms with Crippen molar-refractivity contribution in [1.82, 2.24) is 10.2 Å². The summed E-state index contributed by atoms with van der Waals surface area (Å²) < 4.78 is 34.7. The van der Waals surface area contributed by atoms with Gasteiger partial charge in [-0.05, 0) is 74.7 Å². The molecule has 0 aliphatic carbocycles. The summed E-state index contributed by atoms with van der Waals surface area (Å²) in [6.07, 6.45) is 0.980. The molecule has 4 aromatic rings. The summed E-state index contributed by atoms with van der Waals surface area (Å²) in [5.74, 6) is -0.283. The lowest BCUT2D eigenvalue weighted by atomic mass is 10.0. The number of anilines is 1. The molecule has 242 valence electrons. The first-order valence-electron chi connectivity index (χ1n) is 15.4. The molecule has 9 heteroatoms. The normalized spacial score (nSPS) is 12.5. The second-order valence-electron chi connectivity index (χ2n) is 11.6. The molecular formula is C37H43N3O5S. The molecule has 0 aliphatic heterocycles. The van der Waals surface area contributed by atoms with Crippen molar-refractivity contribution in [2.24, 2.45) is 0 Å². The number of carbonyl (C=O) groups is 2. The van der Waals surface area contributed by atoms with E-state index in [4.69, 9.17) is 4.74 Å². The van der Waals surface area contributed by atoms with Gasteiger partial charge in [0.2, 0.25) is 11.8 Å². The molecule has 0 fully saturated rings. The van der Waals surface area contributed by atoms with Crippen LogP contribution in [0.25, 0.3) is 0 Å². The number of nitrogens with one attached hydrogen (secondary N) is 1. The maximum Gasteiger partial charge on any atom is 0.264 e. The van der Waals surface area contributed by atoms with Gasteiger partial charge in [0, 0.05) is 19.0 Å². The fraction of sp³-hybridized carbons (Fsp3) is 0.297. The van der Waals surface area contributed by atoms with Crippen LogP contribution in [0.5, 0.6) is 5.75 Å². The van der Waals surface area contributed by atoms with E-state index >= 15 is 0 Å². The standard InChI is InChI=1S/C37H43N3O5S/c1-6-29(4)38-37(42)35(24-30-10-8-7-9-11-30)39(25-31-16-12-27(2)13-17-31)36(41)26-40(32-18-14-28(3)15-19-32)46(43,44)34-22-20-33(45-5)21-23-34/h7-23,29,35H,6,24-26H2,1-5H3,(H,38,42)/t29-,35+/m0/s1. The third-order valence-electron chi connectivity index (χ3n) is 7.99. The summed E-state index contributed by atoms with van der Waals surface area (Å²) in [6.45, 7) is 7.40. The van der Waals surface area contributed by atoms with Gasteiger partial charge in [-0.2, -0.15) is 0 Å². The number of benzene rings is 4. The Bertz CT molecular complexity index is 1690. The predicted octanol–water partition coefficient (Wildman–Crippen LogP) is 6.06. The van der Waals surface area contributed by atoms with Crippen molar-refractivity contribution in [3.05, 3.63) is 125 Å². The monoisotopic (exact) mass is 641 g/mol. The zero-order valence-electron chi connectivity index (χ0n) is 27.1. The van der Waals surface area contributed by atoms with Crippen LogP contribution in [-0.2, 0) is 32.6 Å². The molecular weight excluding hydrogens is 598 g/mol. The molecule has 8 nitrogen and oxygen atoms in total. The Labute approximate surface area is 273 Å². The van der Waals surface area contributed by atoms with E-state index in [1.807, 2.05) is 82.3 Å². The molecule has 2 amide bonds. The second-order valence-corrected chi connectivity index (χ2v) is 13.4. The van der Waals surface area contributed by atoms with E-state index in [2.05, 4.69) is 5.32 Å². The number of hydrogen-bond acceptors (Lipinski definition) is 5. The molecule has 4 rings (SSSR count). The number of sulfonamides is 1. The van der Waals surface area contributed by atoms with Crippen molar-refractivity contribution in [2.75, 3.05) is 18.0 Å². The molecule has 2 atom stereocenters. The first kappa shape index (κ1) is 34.2. The van der Waals surface area contributed by atoms with E-state index in [0.29, 0.717) is 11.4 Å². The second kappa shape index (κ2) is 15.6. The van der Waals surface area contributed by atoms with Gasteiger partial charge in [0.1, 0.15) is 18.3 Å². The average molecular weight is 642 g/mol. The van der Waals surface area contributed by atoms with E-state index in [1.54, 1.807) is 36.4 Å². The number of carbonyl (C=O) groups excluding carboxylic acids is 2. The summed E-state index contributed by atoms with van der Waals surface area (Å²) in [6, 6.07) is 29.3. The van der Waals surface area contributed by atoms with Crippen molar-refractivity contribution in [3.63, 3.8) is 0 Å². The summed E-state index contributed by atoms with van der Waals surface area (Å²) in [5.41, 5.74) is 4.06. The van der Waals surface area contributed by atoms with Gasteiger partial charge in [-0.15, -0.1) is 0 Å². The van der Waals surface area contributed by atoms with Gasteiger partial charge < -0.3 is 15.0 Å². The third kappa shape index (κ3) is 8.75. The van der Waals surface area contributed by atoms with Crippen LogP contribution in [0.15, 0.2) is 108 Å². The highest BCUT2D eigenvalue weighted by atomic mass is 32.2. The molecule has 0 bridgehead atoms. The molecule has 0 aromatic heterocycles. The van der Waals surface area contributed by atoms with Gasteiger partial charge in [-0.1, -0.05) is 84.8 Å². The molecule has 0 saturated carbocycles. The van der Waals surface area contributed by atoms with Crippen LogP contribution in [0, 0.1) is 13.8 Å². The molecule has 0 spiro atoms. The Hall–Kier alpha value is -4.63. The van der Waals surface area contributed by atoms with Crippen LogP contribution in [0.2, 0.25) is 0 Å². The first-order chi connectivity index (χ1) is 22.0. The van der Waals surface area contributed by atoms with Gasteiger partial charge in [-0.25, -0.2) is 8.42 Å². The minimum atomic E-state index is -4.20. The third-order valence-corrected chi connectivity index (χ3v) is 9.78.